The fourth-order valence-electron chi connectivity index (χ4n) is 5.29. The van der Waals surface area contributed by atoms with Crippen molar-refractivity contribution in [2.45, 2.75) is 45.4 Å². The van der Waals surface area contributed by atoms with Gasteiger partial charge in [0.25, 0.3) is 0 Å². The molecular weight excluding hydrogens is 390 g/mol. The van der Waals surface area contributed by atoms with Crippen molar-refractivity contribution in [2.24, 2.45) is 13.0 Å². The van der Waals surface area contributed by atoms with Crippen LogP contribution >= 0.6 is 0 Å². The zero-order chi connectivity index (χ0) is 23.4. The molecule has 2 nitrogen and oxygen atoms in total. The zero-order valence-electron chi connectivity index (χ0n) is 20.8. The fourth-order valence-corrected chi connectivity index (χ4v) is 5.29. The minimum atomic E-state index is -1.32. The molecule has 0 saturated heterocycles. The van der Waals surface area contributed by atoms with Gasteiger partial charge in [-0.25, -0.2) is 4.57 Å². The van der Waals surface area contributed by atoms with Gasteiger partial charge in [0.15, 0.2) is 6.20 Å². The van der Waals surface area contributed by atoms with Gasteiger partial charge in [0.1, 0.15) is 18.2 Å². The summed E-state index contributed by atoms with van der Waals surface area (Å²) in [5.74, 6) is 0.0940. The van der Waals surface area contributed by atoms with Crippen LogP contribution in [-0.2, 0) is 13.4 Å². The summed E-state index contributed by atoms with van der Waals surface area (Å²) >= 11 is 0. The Morgan fingerprint density at radius 3 is 2.44 bits per heavy atom. The Balaban J connectivity index is 1.51. The fraction of sp³-hybridized carbons (Fsp3) is 0.300. The van der Waals surface area contributed by atoms with Gasteiger partial charge in [-0.15, -0.1) is 0 Å². The van der Waals surface area contributed by atoms with Gasteiger partial charge in [0, 0.05) is 31.2 Å². The number of benzene rings is 3. The number of rotatable bonds is 3. The van der Waals surface area contributed by atoms with E-state index in [-0.39, 0.29) is 5.92 Å². The van der Waals surface area contributed by atoms with E-state index in [4.69, 9.17) is 7.16 Å². The second-order valence-corrected chi connectivity index (χ2v) is 9.35. The van der Waals surface area contributed by atoms with Crippen molar-refractivity contribution in [1.82, 2.24) is 0 Å². The lowest BCUT2D eigenvalue weighted by Gasteiger charge is -2.21. The van der Waals surface area contributed by atoms with E-state index in [1.807, 2.05) is 19.3 Å². The number of aromatic nitrogens is 1. The van der Waals surface area contributed by atoms with E-state index in [9.17, 15) is 0 Å². The Bertz CT molecular complexity index is 1540. The molecule has 1 aliphatic rings. The van der Waals surface area contributed by atoms with Crippen LogP contribution < -0.4 is 4.57 Å². The van der Waals surface area contributed by atoms with Crippen LogP contribution in [0.15, 0.2) is 71.3 Å². The summed E-state index contributed by atoms with van der Waals surface area (Å²) in [4.78, 5) is 0. The first-order valence-corrected chi connectivity index (χ1v) is 11.8. The van der Waals surface area contributed by atoms with Gasteiger partial charge >= 0.3 is 0 Å². The average Bonchev–Trinajstić information content (AvgIpc) is 3.18. The Labute approximate surface area is 192 Å². The maximum absolute atomic E-state index is 8.98. The summed E-state index contributed by atoms with van der Waals surface area (Å²) in [6.45, 7) is 2.11. The Hall–Kier alpha value is -3.13. The van der Waals surface area contributed by atoms with Gasteiger partial charge in [0.05, 0.1) is 0 Å². The molecule has 2 heterocycles. The maximum Gasteiger partial charge on any atom is 0.212 e. The van der Waals surface area contributed by atoms with Crippen LogP contribution in [0.2, 0.25) is 0 Å². The number of furan rings is 1. The predicted molar refractivity (Wildman–Crippen MR) is 133 cm³/mol. The summed E-state index contributed by atoms with van der Waals surface area (Å²) in [6.07, 6.45) is 6.14. The summed E-state index contributed by atoms with van der Waals surface area (Å²) in [7, 11) is 2.04. The predicted octanol–water partition coefficient (Wildman–Crippen LogP) is 7.66. The van der Waals surface area contributed by atoms with E-state index in [1.54, 1.807) is 0 Å². The van der Waals surface area contributed by atoms with E-state index < -0.39 is 6.37 Å². The molecule has 6 rings (SSSR count). The SMILES string of the molecule is [2H]C([2H])(c1cc[n+](C)c(-c2cc3c(cc2C)oc2cc4ccccc4cc23)c1)C1CCCCC1. The average molecular weight is 423 g/mol. The van der Waals surface area contributed by atoms with Crippen LogP contribution in [0.5, 0.6) is 0 Å². The second kappa shape index (κ2) is 7.78. The highest BCUT2D eigenvalue weighted by Crippen LogP contribution is 2.36. The topological polar surface area (TPSA) is 17.0 Å². The molecule has 0 bridgehead atoms. The lowest BCUT2D eigenvalue weighted by atomic mass is 9.85. The van der Waals surface area contributed by atoms with E-state index in [2.05, 4.69) is 66.1 Å². The number of pyridine rings is 1. The third-order valence-electron chi connectivity index (χ3n) is 7.09. The van der Waals surface area contributed by atoms with E-state index >= 15 is 0 Å². The number of aryl methyl sites for hydroxylation is 2. The molecule has 0 atom stereocenters. The molecular formula is C30H30NO+. The van der Waals surface area contributed by atoms with E-state index in [0.717, 1.165) is 70.0 Å². The molecule has 160 valence electrons. The molecule has 0 radical (unpaired) electrons. The smallest absolute Gasteiger partial charge is 0.212 e. The molecule has 1 aliphatic carbocycles. The van der Waals surface area contributed by atoms with Crippen LogP contribution in [0, 0.1) is 12.8 Å². The van der Waals surface area contributed by atoms with Gasteiger partial charge in [-0.05, 0) is 65.4 Å². The summed E-state index contributed by atoms with van der Waals surface area (Å²) in [5.41, 5.74) is 5.86. The molecule has 5 aromatic rings. The van der Waals surface area contributed by atoms with Gasteiger partial charge < -0.3 is 4.42 Å². The largest absolute Gasteiger partial charge is 0.456 e. The Morgan fingerprint density at radius 1 is 0.906 bits per heavy atom. The van der Waals surface area contributed by atoms with Crippen molar-refractivity contribution in [3.05, 3.63) is 78.0 Å². The van der Waals surface area contributed by atoms with Crippen LogP contribution in [0.1, 0.15) is 46.0 Å². The standard InChI is InChI=1S/C30H30NO/c1-20-14-29-27(26-17-23-10-6-7-11-24(23)18-30(26)32-29)19-25(20)28-16-22(12-13-31(28)2)15-21-8-4-3-5-9-21/h6-7,10-14,16-19,21H,3-5,8-9,15H2,1-2H3/q+1/i15D2. The van der Waals surface area contributed by atoms with Gasteiger partial charge in [-0.3, -0.25) is 0 Å². The highest BCUT2D eigenvalue weighted by Gasteiger charge is 2.20. The van der Waals surface area contributed by atoms with Crippen LogP contribution in [0.3, 0.4) is 0 Å². The van der Waals surface area contributed by atoms with Crippen molar-refractivity contribution in [1.29, 1.82) is 0 Å². The van der Waals surface area contributed by atoms with Crippen molar-refractivity contribution < 1.29 is 11.7 Å². The molecule has 2 aromatic heterocycles. The zero-order valence-corrected chi connectivity index (χ0v) is 18.8. The highest BCUT2D eigenvalue weighted by molar-refractivity contribution is 6.11. The molecule has 1 saturated carbocycles. The molecule has 3 aromatic carbocycles. The quantitative estimate of drug-likeness (QED) is 0.273. The first kappa shape index (κ1) is 17.4. The first-order valence-electron chi connectivity index (χ1n) is 12.8. The number of nitrogens with zero attached hydrogens (tertiary/aromatic N) is 1. The van der Waals surface area contributed by atoms with Crippen molar-refractivity contribution >= 4 is 32.7 Å². The molecule has 0 unspecified atom stereocenters. The highest BCUT2D eigenvalue weighted by atomic mass is 16.3. The van der Waals surface area contributed by atoms with Crippen molar-refractivity contribution in [3.63, 3.8) is 0 Å². The monoisotopic (exact) mass is 422 g/mol. The normalized spacial score (nSPS) is 16.6. The third-order valence-corrected chi connectivity index (χ3v) is 7.09. The van der Waals surface area contributed by atoms with Crippen molar-refractivity contribution in [2.75, 3.05) is 0 Å². The van der Waals surface area contributed by atoms with Gasteiger partial charge in [-0.2, -0.15) is 0 Å². The lowest BCUT2D eigenvalue weighted by Crippen LogP contribution is -2.31. The van der Waals surface area contributed by atoms with Crippen molar-refractivity contribution in [3.8, 4) is 11.3 Å². The molecule has 32 heavy (non-hydrogen) atoms. The number of hydrogen-bond acceptors (Lipinski definition) is 1. The third kappa shape index (κ3) is 3.39. The lowest BCUT2D eigenvalue weighted by molar-refractivity contribution is -0.660. The van der Waals surface area contributed by atoms with Crippen LogP contribution in [0.4, 0.5) is 0 Å². The molecule has 0 amide bonds. The summed E-state index contributed by atoms with van der Waals surface area (Å²) in [5, 5.41) is 4.59. The van der Waals surface area contributed by atoms with Crippen LogP contribution in [0.25, 0.3) is 44.0 Å². The maximum atomic E-state index is 8.98. The first-order chi connectivity index (χ1) is 16.4. The number of fused-ring (bicyclic) bond motifs is 4. The molecule has 1 fully saturated rings. The molecule has 0 N–H and O–H groups in total. The Kier molecular flexibility index (Phi) is 4.24. The second-order valence-electron chi connectivity index (χ2n) is 9.35. The molecule has 0 aliphatic heterocycles. The van der Waals surface area contributed by atoms with E-state index in [0.29, 0.717) is 0 Å². The van der Waals surface area contributed by atoms with Gasteiger partial charge in [0.2, 0.25) is 5.69 Å². The van der Waals surface area contributed by atoms with Crippen LogP contribution in [-0.4, -0.2) is 0 Å². The summed E-state index contributed by atoms with van der Waals surface area (Å²) < 4.78 is 26.3. The summed E-state index contributed by atoms with van der Waals surface area (Å²) in [6, 6.07) is 21.1. The minimum absolute atomic E-state index is 0.0940. The molecule has 2 heteroatoms. The minimum Gasteiger partial charge on any atom is -0.456 e. The van der Waals surface area contributed by atoms with E-state index in [1.165, 1.54) is 17.2 Å². The Morgan fingerprint density at radius 2 is 1.62 bits per heavy atom. The van der Waals surface area contributed by atoms with Gasteiger partial charge in [-0.1, -0.05) is 56.4 Å². The number of hydrogen-bond donors (Lipinski definition) is 0. The molecule has 0 spiro atoms.